The van der Waals surface area contributed by atoms with Gasteiger partial charge in [-0.1, -0.05) is 19.1 Å². The number of hydrogen-bond acceptors (Lipinski definition) is 6. The molecular weight excluding hydrogens is 430 g/mol. The van der Waals surface area contributed by atoms with Crippen molar-refractivity contribution in [2.24, 2.45) is 13.0 Å². The third-order valence-electron chi connectivity index (χ3n) is 6.24. The number of aromatic nitrogens is 3. The van der Waals surface area contributed by atoms with Crippen LogP contribution in [0, 0.1) is 12.8 Å². The van der Waals surface area contributed by atoms with Crippen molar-refractivity contribution in [2.45, 2.75) is 37.8 Å². The standard InChI is InChI=1S/C22H27N5O4S/c1-14-12-27(8-7-20(14)28)32(30,31)21-9-19(26(3)15(21)2)22(29)24-10-16-5-4-6-18-17(16)11-23-13-25-18/h4-6,9,11,13-14,20,28H,7-8,10,12H2,1-3H3,(H,24,29)/t14-,20+/m0/s1. The number of piperidine rings is 1. The van der Waals surface area contributed by atoms with Gasteiger partial charge in [0.25, 0.3) is 5.91 Å². The van der Waals surface area contributed by atoms with E-state index < -0.39 is 16.1 Å². The van der Waals surface area contributed by atoms with Gasteiger partial charge in [0.1, 0.15) is 16.9 Å². The fraction of sp³-hybridized carbons (Fsp3) is 0.409. The van der Waals surface area contributed by atoms with Gasteiger partial charge < -0.3 is 15.0 Å². The van der Waals surface area contributed by atoms with Crippen molar-refractivity contribution in [3.05, 3.63) is 53.7 Å². The van der Waals surface area contributed by atoms with E-state index in [1.165, 1.54) is 16.7 Å². The van der Waals surface area contributed by atoms with E-state index in [0.29, 0.717) is 12.1 Å². The number of carbonyl (C=O) groups is 1. The third kappa shape index (κ3) is 4.01. The minimum Gasteiger partial charge on any atom is -0.393 e. The van der Waals surface area contributed by atoms with Gasteiger partial charge in [-0.25, -0.2) is 18.4 Å². The van der Waals surface area contributed by atoms with Crippen LogP contribution in [0.2, 0.25) is 0 Å². The number of carbonyl (C=O) groups excluding carboxylic acids is 1. The smallest absolute Gasteiger partial charge is 0.268 e. The predicted octanol–water partition coefficient (Wildman–Crippen LogP) is 1.60. The first-order valence-corrected chi connectivity index (χ1v) is 11.9. The second kappa shape index (κ2) is 8.61. The van der Waals surface area contributed by atoms with E-state index in [2.05, 4.69) is 15.3 Å². The number of fused-ring (bicyclic) bond motifs is 1. The summed E-state index contributed by atoms with van der Waals surface area (Å²) in [7, 11) is -2.10. The number of aliphatic hydroxyl groups excluding tert-OH is 1. The van der Waals surface area contributed by atoms with E-state index in [-0.39, 0.29) is 42.0 Å². The van der Waals surface area contributed by atoms with E-state index >= 15 is 0 Å². The molecule has 32 heavy (non-hydrogen) atoms. The van der Waals surface area contributed by atoms with Gasteiger partial charge in [-0.3, -0.25) is 4.79 Å². The Labute approximate surface area is 187 Å². The van der Waals surface area contributed by atoms with Crippen LogP contribution in [0.15, 0.2) is 41.7 Å². The Bertz CT molecular complexity index is 1270. The molecule has 2 aromatic heterocycles. The molecule has 4 rings (SSSR count). The van der Waals surface area contributed by atoms with Gasteiger partial charge in [-0.05, 0) is 37.0 Å². The van der Waals surface area contributed by atoms with Gasteiger partial charge in [0.15, 0.2) is 0 Å². The molecule has 170 valence electrons. The zero-order valence-electron chi connectivity index (χ0n) is 18.3. The predicted molar refractivity (Wildman–Crippen MR) is 119 cm³/mol. The summed E-state index contributed by atoms with van der Waals surface area (Å²) in [6, 6.07) is 7.07. The average Bonchev–Trinajstić information content (AvgIpc) is 3.09. The number of rotatable bonds is 5. The number of benzene rings is 1. The van der Waals surface area contributed by atoms with Crippen molar-refractivity contribution in [3.63, 3.8) is 0 Å². The summed E-state index contributed by atoms with van der Waals surface area (Å²) in [6.45, 7) is 4.29. The number of aliphatic hydroxyl groups is 1. The van der Waals surface area contributed by atoms with Crippen LogP contribution in [0.5, 0.6) is 0 Å². The molecule has 0 bridgehead atoms. The van der Waals surface area contributed by atoms with Gasteiger partial charge in [-0.15, -0.1) is 0 Å². The van der Waals surface area contributed by atoms with Crippen LogP contribution in [0.1, 0.15) is 35.1 Å². The molecule has 0 radical (unpaired) electrons. The molecule has 1 aromatic carbocycles. The van der Waals surface area contributed by atoms with Crippen LogP contribution < -0.4 is 5.32 Å². The van der Waals surface area contributed by atoms with Crippen LogP contribution in [-0.4, -0.2) is 57.5 Å². The van der Waals surface area contributed by atoms with E-state index in [9.17, 15) is 18.3 Å². The summed E-state index contributed by atoms with van der Waals surface area (Å²) in [5.41, 5.74) is 2.42. The maximum Gasteiger partial charge on any atom is 0.268 e. The highest BCUT2D eigenvalue weighted by Gasteiger charge is 2.35. The van der Waals surface area contributed by atoms with E-state index in [0.717, 1.165) is 16.5 Å². The first kappa shape index (κ1) is 22.4. The zero-order valence-corrected chi connectivity index (χ0v) is 19.1. The van der Waals surface area contributed by atoms with E-state index in [4.69, 9.17) is 0 Å². The molecule has 1 fully saturated rings. The molecule has 3 aromatic rings. The molecule has 1 aliphatic heterocycles. The van der Waals surface area contributed by atoms with Crippen molar-refractivity contribution < 1.29 is 18.3 Å². The van der Waals surface area contributed by atoms with Crippen LogP contribution in [-0.2, 0) is 23.6 Å². The highest BCUT2D eigenvalue weighted by molar-refractivity contribution is 7.89. The Morgan fingerprint density at radius 1 is 1.34 bits per heavy atom. The van der Waals surface area contributed by atoms with E-state index in [1.807, 2.05) is 25.1 Å². The third-order valence-corrected chi connectivity index (χ3v) is 8.22. The fourth-order valence-electron chi connectivity index (χ4n) is 4.09. The molecule has 0 spiro atoms. The van der Waals surface area contributed by atoms with Crippen molar-refractivity contribution in [1.29, 1.82) is 0 Å². The largest absolute Gasteiger partial charge is 0.393 e. The molecule has 2 atom stereocenters. The molecule has 2 N–H and O–H groups in total. The quantitative estimate of drug-likeness (QED) is 0.601. The summed E-state index contributed by atoms with van der Waals surface area (Å²) in [5, 5.41) is 13.7. The van der Waals surface area contributed by atoms with Gasteiger partial charge in [0.2, 0.25) is 10.0 Å². The molecule has 1 saturated heterocycles. The van der Waals surface area contributed by atoms with Crippen molar-refractivity contribution in [1.82, 2.24) is 24.2 Å². The molecule has 3 heterocycles. The maximum absolute atomic E-state index is 13.3. The van der Waals surface area contributed by atoms with Crippen molar-refractivity contribution >= 4 is 26.8 Å². The maximum atomic E-state index is 13.3. The van der Waals surface area contributed by atoms with Gasteiger partial charge in [-0.2, -0.15) is 4.31 Å². The number of sulfonamides is 1. The molecule has 0 aliphatic carbocycles. The van der Waals surface area contributed by atoms with Crippen LogP contribution in [0.25, 0.3) is 10.9 Å². The zero-order chi connectivity index (χ0) is 23.0. The first-order valence-electron chi connectivity index (χ1n) is 10.5. The minimum absolute atomic E-state index is 0.118. The molecule has 0 saturated carbocycles. The highest BCUT2D eigenvalue weighted by atomic mass is 32.2. The molecule has 10 heteroatoms. The first-order chi connectivity index (χ1) is 15.2. The summed E-state index contributed by atoms with van der Waals surface area (Å²) in [6.07, 6.45) is 3.08. The number of nitrogens with one attached hydrogen (secondary N) is 1. The SMILES string of the molecule is Cc1c(S(=O)(=O)N2CC[C@@H](O)[C@@H](C)C2)cc(C(=O)NCc2cccc3ncncc23)n1C. The second-order valence-corrected chi connectivity index (χ2v) is 10.2. The Morgan fingerprint density at radius 3 is 2.88 bits per heavy atom. The van der Waals surface area contributed by atoms with Gasteiger partial charge >= 0.3 is 0 Å². The number of nitrogens with zero attached hydrogens (tertiary/aromatic N) is 4. The summed E-state index contributed by atoms with van der Waals surface area (Å²) >= 11 is 0. The summed E-state index contributed by atoms with van der Waals surface area (Å²) in [5.74, 6) is -0.511. The average molecular weight is 458 g/mol. The monoisotopic (exact) mass is 457 g/mol. The minimum atomic E-state index is -3.78. The second-order valence-electron chi connectivity index (χ2n) is 8.29. The molecule has 1 amide bonds. The number of amides is 1. The molecule has 1 aliphatic rings. The van der Waals surface area contributed by atoms with E-state index in [1.54, 1.807) is 24.7 Å². The van der Waals surface area contributed by atoms with Gasteiger partial charge in [0.05, 0.1) is 11.6 Å². The fourth-order valence-corrected chi connectivity index (χ4v) is 5.91. The molecule has 0 unspecified atom stereocenters. The van der Waals surface area contributed by atoms with Crippen LogP contribution in [0.4, 0.5) is 0 Å². The lowest BCUT2D eigenvalue weighted by Crippen LogP contribution is -2.44. The van der Waals surface area contributed by atoms with Crippen molar-refractivity contribution in [2.75, 3.05) is 13.1 Å². The highest BCUT2D eigenvalue weighted by Crippen LogP contribution is 2.27. The normalized spacial score (nSPS) is 19.9. The lowest BCUT2D eigenvalue weighted by atomic mass is 9.99. The Morgan fingerprint density at radius 2 is 2.12 bits per heavy atom. The topological polar surface area (TPSA) is 117 Å². The lowest BCUT2D eigenvalue weighted by Gasteiger charge is -2.33. The Kier molecular flexibility index (Phi) is 6.02. The van der Waals surface area contributed by atoms with Crippen LogP contribution in [0.3, 0.4) is 0 Å². The van der Waals surface area contributed by atoms with Gasteiger partial charge in [0, 0.05) is 44.0 Å². The molecular formula is C22H27N5O4S. The summed E-state index contributed by atoms with van der Waals surface area (Å²) < 4.78 is 29.5. The lowest BCUT2D eigenvalue weighted by molar-refractivity contribution is 0.0628. The summed E-state index contributed by atoms with van der Waals surface area (Å²) in [4.78, 5) is 21.3. The Hall–Kier alpha value is -2.82. The van der Waals surface area contributed by atoms with Crippen molar-refractivity contribution in [3.8, 4) is 0 Å². The Balaban J connectivity index is 1.56. The van der Waals surface area contributed by atoms with Crippen LogP contribution >= 0.6 is 0 Å². The number of hydrogen-bond donors (Lipinski definition) is 2. The molecule has 9 nitrogen and oxygen atoms in total.